The minimum Gasteiger partial charge on any atom is -0.446 e. The largest absolute Gasteiger partial charge is 0.446 e. The number of nitrogens with zero attached hydrogens (tertiary/aromatic N) is 1. The van der Waals surface area contributed by atoms with E-state index in [2.05, 4.69) is 39.8 Å². The highest BCUT2D eigenvalue weighted by atomic mass is 16.6. The van der Waals surface area contributed by atoms with Crippen molar-refractivity contribution >= 4 is 6.09 Å². The average Bonchev–Trinajstić information content (AvgIpc) is 2.66. The molecule has 0 aliphatic carbocycles. The smallest absolute Gasteiger partial charge is 0.407 e. The highest BCUT2D eigenvalue weighted by Crippen LogP contribution is 2.13. The summed E-state index contributed by atoms with van der Waals surface area (Å²) in [6, 6.07) is 10.5. The first-order chi connectivity index (χ1) is 12.7. The van der Waals surface area contributed by atoms with Gasteiger partial charge in [0.2, 0.25) is 0 Å². The fraction of sp³-hybridized carbons (Fsp3) is 0.650. The third kappa shape index (κ3) is 8.17. The quantitative estimate of drug-likeness (QED) is 0.764. The van der Waals surface area contributed by atoms with Crippen molar-refractivity contribution < 1.29 is 14.6 Å². The lowest BCUT2D eigenvalue weighted by atomic mass is 10.1. The van der Waals surface area contributed by atoms with Crippen LogP contribution in [-0.2, 0) is 11.3 Å². The third-order valence-corrected chi connectivity index (χ3v) is 4.69. The molecule has 0 bridgehead atoms. The van der Waals surface area contributed by atoms with E-state index < -0.39 is 0 Å². The molecule has 2 fully saturated rings. The van der Waals surface area contributed by atoms with E-state index in [1.165, 1.54) is 5.56 Å². The number of amides is 1. The second-order valence-corrected chi connectivity index (χ2v) is 6.88. The number of alkyl carbamates (subject to hydrolysis) is 1. The van der Waals surface area contributed by atoms with Crippen molar-refractivity contribution in [3.8, 4) is 0 Å². The Morgan fingerprint density at radius 2 is 1.85 bits per heavy atom. The minimum absolute atomic E-state index is 0.0676. The SMILES string of the molecule is CCNC(=O)OC1CCNCC1.OC1CCN(Cc2ccccc2)CC1. The van der Waals surface area contributed by atoms with Gasteiger partial charge in [0.25, 0.3) is 0 Å². The van der Waals surface area contributed by atoms with Crippen LogP contribution >= 0.6 is 0 Å². The number of hydrogen-bond acceptors (Lipinski definition) is 5. The Morgan fingerprint density at radius 3 is 2.46 bits per heavy atom. The second-order valence-electron chi connectivity index (χ2n) is 6.88. The Hall–Kier alpha value is -1.63. The van der Waals surface area contributed by atoms with Gasteiger partial charge in [-0.1, -0.05) is 30.3 Å². The molecule has 0 unspecified atom stereocenters. The number of aliphatic hydroxyl groups excluding tert-OH is 1. The van der Waals surface area contributed by atoms with E-state index in [1.807, 2.05) is 13.0 Å². The van der Waals surface area contributed by atoms with Gasteiger partial charge in [0, 0.05) is 26.2 Å². The van der Waals surface area contributed by atoms with Crippen LogP contribution in [0, 0.1) is 0 Å². The van der Waals surface area contributed by atoms with E-state index in [4.69, 9.17) is 4.74 Å². The monoisotopic (exact) mass is 363 g/mol. The molecule has 0 saturated carbocycles. The van der Waals surface area contributed by atoms with Crippen molar-refractivity contribution in [2.45, 2.75) is 51.4 Å². The van der Waals surface area contributed by atoms with Gasteiger partial charge in [0.05, 0.1) is 6.10 Å². The van der Waals surface area contributed by atoms with Crippen molar-refractivity contribution in [3.63, 3.8) is 0 Å². The van der Waals surface area contributed by atoms with E-state index in [9.17, 15) is 9.90 Å². The van der Waals surface area contributed by atoms with Gasteiger partial charge in [-0.2, -0.15) is 0 Å². The first-order valence-electron chi connectivity index (χ1n) is 9.77. The molecule has 146 valence electrons. The summed E-state index contributed by atoms with van der Waals surface area (Å²) in [5, 5.41) is 15.2. The summed E-state index contributed by atoms with van der Waals surface area (Å²) in [5.41, 5.74) is 1.36. The molecule has 2 heterocycles. The molecule has 0 atom stereocenters. The van der Waals surface area contributed by atoms with Crippen LogP contribution in [0.2, 0.25) is 0 Å². The molecular formula is C20H33N3O3. The van der Waals surface area contributed by atoms with Crippen LogP contribution in [0.5, 0.6) is 0 Å². The number of hydrogen-bond donors (Lipinski definition) is 3. The lowest BCUT2D eigenvalue weighted by Crippen LogP contribution is -2.36. The number of carbonyl (C=O) groups is 1. The molecular weight excluding hydrogens is 330 g/mol. The number of benzene rings is 1. The standard InChI is InChI=1S/C12H17NO.C8H16N2O2/c14-12-6-8-13(9-7-12)10-11-4-2-1-3-5-11;1-2-10-8(11)12-7-3-5-9-6-4-7/h1-5,12,14H,6-10H2;7,9H,2-6H2,1H3,(H,10,11). The van der Waals surface area contributed by atoms with Crippen molar-refractivity contribution in [1.82, 2.24) is 15.5 Å². The van der Waals surface area contributed by atoms with Crippen molar-refractivity contribution in [3.05, 3.63) is 35.9 Å². The highest BCUT2D eigenvalue weighted by molar-refractivity contribution is 5.67. The van der Waals surface area contributed by atoms with Crippen LogP contribution in [0.4, 0.5) is 4.79 Å². The molecule has 1 amide bonds. The van der Waals surface area contributed by atoms with Crippen LogP contribution < -0.4 is 10.6 Å². The molecule has 0 aromatic heterocycles. The lowest BCUT2D eigenvalue weighted by Gasteiger charge is -2.29. The van der Waals surface area contributed by atoms with Crippen LogP contribution in [0.25, 0.3) is 0 Å². The molecule has 3 rings (SSSR count). The number of aliphatic hydroxyl groups is 1. The predicted molar refractivity (Wildman–Crippen MR) is 103 cm³/mol. The van der Waals surface area contributed by atoms with E-state index >= 15 is 0 Å². The fourth-order valence-corrected chi connectivity index (χ4v) is 3.17. The summed E-state index contributed by atoms with van der Waals surface area (Å²) >= 11 is 0. The zero-order chi connectivity index (χ0) is 18.6. The van der Waals surface area contributed by atoms with E-state index in [0.717, 1.165) is 58.4 Å². The molecule has 1 aromatic rings. The number of ether oxygens (including phenoxy) is 1. The van der Waals surface area contributed by atoms with Gasteiger partial charge in [-0.3, -0.25) is 4.90 Å². The van der Waals surface area contributed by atoms with Gasteiger partial charge in [-0.25, -0.2) is 4.79 Å². The van der Waals surface area contributed by atoms with E-state index in [-0.39, 0.29) is 18.3 Å². The topological polar surface area (TPSA) is 73.8 Å². The molecule has 0 radical (unpaired) electrons. The van der Waals surface area contributed by atoms with E-state index in [0.29, 0.717) is 6.54 Å². The maximum absolute atomic E-state index is 11.0. The molecule has 0 spiro atoms. The number of nitrogens with one attached hydrogen (secondary N) is 2. The number of rotatable bonds is 4. The van der Waals surface area contributed by atoms with Crippen LogP contribution in [0.15, 0.2) is 30.3 Å². The summed E-state index contributed by atoms with van der Waals surface area (Å²) < 4.78 is 5.14. The Morgan fingerprint density at radius 1 is 1.19 bits per heavy atom. The lowest BCUT2D eigenvalue weighted by molar-refractivity contribution is 0.0790. The van der Waals surface area contributed by atoms with Gasteiger partial charge in [-0.15, -0.1) is 0 Å². The van der Waals surface area contributed by atoms with E-state index in [1.54, 1.807) is 0 Å². The molecule has 6 heteroatoms. The molecule has 2 aliphatic heterocycles. The number of piperidine rings is 2. The summed E-state index contributed by atoms with van der Waals surface area (Å²) in [6.07, 6.45) is 3.46. The van der Waals surface area contributed by atoms with Crippen LogP contribution in [0.1, 0.15) is 38.2 Å². The highest BCUT2D eigenvalue weighted by Gasteiger charge is 2.17. The molecule has 2 saturated heterocycles. The molecule has 26 heavy (non-hydrogen) atoms. The molecule has 3 N–H and O–H groups in total. The zero-order valence-electron chi connectivity index (χ0n) is 15.8. The van der Waals surface area contributed by atoms with Gasteiger partial charge in [0.1, 0.15) is 6.10 Å². The van der Waals surface area contributed by atoms with Gasteiger partial charge in [0.15, 0.2) is 0 Å². The predicted octanol–water partition coefficient (Wildman–Crippen LogP) is 2.13. The Labute approximate surface area is 156 Å². The normalized spacial score (nSPS) is 19.3. The van der Waals surface area contributed by atoms with Crippen LogP contribution in [-0.4, -0.2) is 61.0 Å². The van der Waals surface area contributed by atoms with Crippen LogP contribution in [0.3, 0.4) is 0 Å². The Kier molecular flexibility index (Phi) is 9.45. The maximum atomic E-state index is 11.0. The number of likely N-dealkylation sites (tertiary alicyclic amines) is 1. The molecule has 1 aromatic carbocycles. The minimum atomic E-state index is -0.288. The Bertz CT molecular complexity index is 498. The maximum Gasteiger partial charge on any atom is 0.407 e. The summed E-state index contributed by atoms with van der Waals surface area (Å²) in [7, 11) is 0. The van der Waals surface area contributed by atoms with Crippen molar-refractivity contribution in [2.75, 3.05) is 32.7 Å². The van der Waals surface area contributed by atoms with Gasteiger partial charge in [-0.05, 0) is 51.3 Å². The summed E-state index contributed by atoms with van der Waals surface area (Å²) in [4.78, 5) is 13.4. The zero-order valence-corrected chi connectivity index (χ0v) is 15.8. The fourth-order valence-electron chi connectivity index (χ4n) is 3.17. The van der Waals surface area contributed by atoms with Gasteiger partial charge >= 0.3 is 6.09 Å². The van der Waals surface area contributed by atoms with Crippen molar-refractivity contribution in [1.29, 1.82) is 0 Å². The average molecular weight is 364 g/mol. The first kappa shape index (κ1) is 20.7. The molecule has 2 aliphatic rings. The molecule has 6 nitrogen and oxygen atoms in total. The van der Waals surface area contributed by atoms with Crippen molar-refractivity contribution in [2.24, 2.45) is 0 Å². The van der Waals surface area contributed by atoms with Gasteiger partial charge < -0.3 is 20.5 Å². The number of carbonyl (C=O) groups excluding carboxylic acids is 1. The summed E-state index contributed by atoms with van der Waals surface area (Å²) in [6.45, 7) is 7.47. The third-order valence-electron chi connectivity index (χ3n) is 4.69. The Balaban J connectivity index is 0.000000190. The second kappa shape index (κ2) is 11.9. The summed E-state index contributed by atoms with van der Waals surface area (Å²) in [5.74, 6) is 0. The first-order valence-corrected chi connectivity index (χ1v) is 9.77.